The van der Waals surface area contributed by atoms with E-state index in [-0.39, 0.29) is 12.7 Å². The van der Waals surface area contributed by atoms with Gasteiger partial charge in [-0.1, -0.05) is 6.07 Å². The number of ether oxygens (including phenoxy) is 2. The van der Waals surface area contributed by atoms with Gasteiger partial charge in [-0.2, -0.15) is 5.10 Å². The van der Waals surface area contributed by atoms with Crippen LogP contribution >= 0.6 is 0 Å². The van der Waals surface area contributed by atoms with Crippen LogP contribution in [0.1, 0.15) is 28.0 Å². The van der Waals surface area contributed by atoms with Crippen LogP contribution in [0.15, 0.2) is 24.4 Å². The number of rotatable bonds is 7. The highest BCUT2D eigenvalue weighted by atomic mass is 16.7. The van der Waals surface area contributed by atoms with Crippen molar-refractivity contribution in [2.45, 2.75) is 19.9 Å². The van der Waals surface area contributed by atoms with Crippen LogP contribution in [0.2, 0.25) is 0 Å². The van der Waals surface area contributed by atoms with E-state index < -0.39 is 0 Å². The van der Waals surface area contributed by atoms with Gasteiger partial charge in [0, 0.05) is 25.8 Å². The third-order valence-electron chi connectivity index (χ3n) is 4.60. The fourth-order valence-corrected chi connectivity index (χ4v) is 2.97. The molecule has 0 spiro atoms. The molecule has 1 aliphatic heterocycles. The number of benzene rings is 1. The van der Waals surface area contributed by atoms with E-state index in [1.165, 1.54) is 0 Å². The molecule has 3 rings (SSSR count). The molecule has 2 aromatic rings. The van der Waals surface area contributed by atoms with E-state index in [1.54, 1.807) is 10.9 Å². The lowest BCUT2D eigenvalue weighted by Crippen LogP contribution is -2.33. The van der Waals surface area contributed by atoms with Gasteiger partial charge in [0.25, 0.3) is 5.91 Å². The molecule has 26 heavy (non-hydrogen) atoms. The molecule has 7 heteroatoms. The summed E-state index contributed by atoms with van der Waals surface area (Å²) in [5.74, 6) is 1.50. The van der Waals surface area contributed by atoms with Gasteiger partial charge in [0.2, 0.25) is 6.79 Å². The zero-order chi connectivity index (χ0) is 18.7. The standard InChI is InChI=1S/C19H26N4O3/c1-14-16(11-20-22(14)4)19(24)23(9-5-8-21(2)3)12-15-6-7-17-18(10-15)26-13-25-17/h6-7,10-11H,5,8-9,12-13H2,1-4H3. The van der Waals surface area contributed by atoms with Crippen LogP contribution in [-0.4, -0.2) is 59.5 Å². The highest BCUT2D eigenvalue weighted by molar-refractivity contribution is 5.95. The zero-order valence-corrected chi connectivity index (χ0v) is 15.9. The van der Waals surface area contributed by atoms with Gasteiger partial charge in [-0.15, -0.1) is 0 Å². The van der Waals surface area contributed by atoms with E-state index in [9.17, 15) is 4.79 Å². The van der Waals surface area contributed by atoms with Crippen molar-refractivity contribution in [1.82, 2.24) is 19.6 Å². The minimum Gasteiger partial charge on any atom is -0.454 e. The highest BCUT2D eigenvalue weighted by Crippen LogP contribution is 2.33. The summed E-state index contributed by atoms with van der Waals surface area (Å²) in [6.07, 6.45) is 2.55. The average Bonchev–Trinajstić information content (AvgIpc) is 3.20. The molecule has 1 aliphatic rings. The maximum absolute atomic E-state index is 13.1. The number of amides is 1. The van der Waals surface area contributed by atoms with Gasteiger partial charge in [0.15, 0.2) is 11.5 Å². The monoisotopic (exact) mass is 358 g/mol. The molecule has 0 fully saturated rings. The zero-order valence-electron chi connectivity index (χ0n) is 15.9. The van der Waals surface area contributed by atoms with Crippen molar-refractivity contribution in [3.8, 4) is 11.5 Å². The minimum absolute atomic E-state index is 0.00650. The lowest BCUT2D eigenvalue weighted by atomic mass is 10.1. The second kappa shape index (κ2) is 7.78. The number of fused-ring (bicyclic) bond motifs is 1. The van der Waals surface area contributed by atoms with Gasteiger partial charge in [0.05, 0.1) is 11.8 Å². The van der Waals surface area contributed by atoms with Crippen molar-refractivity contribution >= 4 is 5.91 Å². The molecule has 1 aromatic heterocycles. The Morgan fingerprint density at radius 3 is 2.69 bits per heavy atom. The minimum atomic E-state index is 0.00650. The average molecular weight is 358 g/mol. The topological polar surface area (TPSA) is 59.8 Å². The molecule has 0 saturated carbocycles. The summed E-state index contributed by atoms with van der Waals surface area (Å²) < 4.78 is 12.5. The fourth-order valence-electron chi connectivity index (χ4n) is 2.97. The van der Waals surface area contributed by atoms with Crippen LogP contribution in [-0.2, 0) is 13.6 Å². The molecule has 1 aromatic carbocycles. The van der Waals surface area contributed by atoms with Crippen LogP contribution in [0.5, 0.6) is 11.5 Å². The first-order valence-corrected chi connectivity index (χ1v) is 8.77. The third kappa shape index (κ3) is 3.99. The summed E-state index contributed by atoms with van der Waals surface area (Å²) in [4.78, 5) is 17.1. The highest BCUT2D eigenvalue weighted by Gasteiger charge is 2.21. The summed E-state index contributed by atoms with van der Waals surface area (Å²) in [6, 6.07) is 5.83. The van der Waals surface area contributed by atoms with E-state index in [2.05, 4.69) is 10.00 Å². The predicted octanol–water partition coefficient (Wildman–Crippen LogP) is 2.05. The molecular formula is C19H26N4O3. The molecule has 0 atom stereocenters. The normalized spacial score (nSPS) is 12.7. The molecule has 2 heterocycles. The van der Waals surface area contributed by atoms with Crippen LogP contribution < -0.4 is 9.47 Å². The fraction of sp³-hybridized carbons (Fsp3) is 0.474. The second-order valence-corrected chi connectivity index (χ2v) is 6.84. The summed E-state index contributed by atoms with van der Waals surface area (Å²) >= 11 is 0. The Kier molecular flexibility index (Phi) is 5.46. The number of nitrogens with zero attached hydrogens (tertiary/aromatic N) is 4. The molecule has 0 bridgehead atoms. The third-order valence-corrected chi connectivity index (χ3v) is 4.60. The first kappa shape index (κ1) is 18.3. The second-order valence-electron chi connectivity index (χ2n) is 6.84. The Labute approximate surface area is 154 Å². The van der Waals surface area contributed by atoms with Gasteiger partial charge in [0.1, 0.15) is 0 Å². The Morgan fingerprint density at radius 2 is 2.00 bits per heavy atom. The smallest absolute Gasteiger partial charge is 0.257 e. The van der Waals surface area contributed by atoms with E-state index in [1.807, 2.05) is 51.2 Å². The van der Waals surface area contributed by atoms with Gasteiger partial charge in [-0.25, -0.2) is 0 Å². The van der Waals surface area contributed by atoms with Gasteiger partial charge < -0.3 is 19.3 Å². The molecule has 0 N–H and O–H groups in total. The lowest BCUT2D eigenvalue weighted by Gasteiger charge is -2.24. The molecule has 0 aliphatic carbocycles. The van der Waals surface area contributed by atoms with Gasteiger partial charge >= 0.3 is 0 Å². The van der Waals surface area contributed by atoms with Crippen LogP contribution in [0.3, 0.4) is 0 Å². The maximum atomic E-state index is 13.1. The van der Waals surface area contributed by atoms with Crippen molar-refractivity contribution < 1.29 is 14.3 Å². The van der Waals surface area contributed by atoms with Crippen molar-refractivity contribution in [1.29, 1.82) is 0 Å². The Balaban J connectivity index is 1.78. The number of aromatic nitrogens is 2. The van der Waals surface area contributed by atoms with Crippen LogP contribution in [0.4, 0.5) is 0 Å². The molecule has 1 amide bonds. The summed E-state index contributed by atoms with van der Waals surface area (Å²) in [6.45, 7) is 4.30. The van der Waals surface area contributed by atoms with E-state index in [4.69, 9.17) is 9.47 Å². The molecule has 7 nitrogen and oxygen atoms in total. The molecule has 140 valence electrons. The molecular weight excluding hydrogens is 332 g/mol. The largest absolute Gasteiger partial charge is 0.454 e. The Morgan fingerprint density at radius 1 is 1.23 bits per heavy atom. The lowest BCUT2D eigenvalue weighted by molar-refractivity contribution is 0.0736. The van der Waals surface area contributed by atoms with Crippen molar-refractivity contribution in [3.63, 3.8) is 0 Å². The Hall–Kier alpha value is -2.54. The first-order chi connectivity index (χ1) is 12.5. The van der Waals surface area contributed by atoms with Crippen LogP contribution in [0, 0.1) is 6.92 Å². The van der Waals surface area contributed by atoms with E-state index in [0.717, 1.165) is 35.7 Å². The molecule has 0 saturated heterocycles. The summed E-state index contributed by atoms with van der Waals surface area (Å²) in [5.41, 5.74) is 2.55. The van der Waals surface area contributed by atoms with E-state index in [0.29, 0.717) is 18.7 Å². The number of hydrogen-bond acceptors (Lipinski definition) is 5. The molecule has 0 radical (unpaired) electrons. The molecule has 0 unspecified atom stereocenters. The van der Waals surface area contributed by atoms with Crippen LogP contribution in [0.25, 0.3) is 0 Å². The predicted molar refractivity (Wildman–Crippen MR) is 98.4 cm³/mol. The SMILES string of the molecule is Cc1c(C(=O)N(CCCN(C)C)Cc2ccc3c(c2)OCO3)cnn1C. The van der Waals surface area contributed by atoms with Crippen molar-refractivity contribution in [2.75, 3.05) is 34.0 Å². The summed E-state index contributed by atoms with van der Waals surface area (Å²) in [7, 11) is 5.92. The first-order valence-electron chi connectivity index (χ1n) is 8.77. The quantitative estimate of drug-likeness (QED) is 0.758. The van der Waals surface area contributed by atoms with Gasteiger partial charge in [-0.3, -0.25) is 9.48 Å². The number of carbonyl (C=O) groups excluding carboxylic acids is 1. The summed E-state index contributed by atoms with van der Waals surface area (Å²) in [5, 5.41) is 4.21. The van der Waals surface area contributed by atoms with Crippen molar-refractivity contribution in [3.05, 3.63) is 41.2 Å². The number of carbonyl (C=O) groups is 1. The Bertz CT molecular complexity index is 785. The van der Waals surface area contributed by atoms with E-state index >= 15 is 0 Å². The van der Waals surface area contributed by atoms with Crippen molar-refractivity contribution in [2.24, 2.45) is 7.05 Å². The van der Waals surface area contributed by atoms with Gasteiger partial charge in [-0.05, 0) is 51.7 Å². The number of hydrogen-bond donors (Lipinski definition) is 0. The maximum Gasteiger partial charge on any atom is 0.257 e. The number of aryl methyl sites for hydroxylation is 1.